The molecule has 8 heteroatoms. The monoisotopic (exact) mass is 279 g/mol. The topological polar surface area (TPSA) is 118 Å². The molecule has 2 rings (SSSR count). The zero-order valence-electron chi connectivity index (χ0n) is 10.9. The normalized spacial score (nSPS) is 10.3. The summed E-state index contributed by atoms with van der Waals surface area (Å²) in [6, 6.07) is 2.45. The van der Waals surface area contributed by atoms with Crippen LogP contribution in [-0.2, 0) is 4.74 Å². The number of carbonyl (C=O) groups excluding carboxylic acids is 1. The number of hydrogen-bond donors (Lipinski definition) is 3. The van der Waals surface area contributed by atoms with Crippen molar-refractivity contribution in [3.8, 4) is 28.5 Å². The smallest absolute Gasteiger partial charge is 0.361 e. The molecule has 2 aromatic rings. The van der Waals surface area contributed by atoms with Gasteiger partial charge in [0.25, 0.3) is 0 Å². The van der Waals surface area contributed by atoms with Crippen LogP contribution in [0.5, 0.6) is 17.2 Å². The van der Waals surface area contributed by atoms with Crippen LogP contribution < -0.4 is 4.74 Å². The number of esters is 1. The number of aromatic hydroxyl groups is 2. The Hall–Kier alpha value is -2.77. The van der Waals surface area contributed by atoms with Crippen LogP contribution in [0.25, 0.3) is 11.3 Å². The summed E-state index contributed by atoms with van der Waals surface area (Å²) in [6.07, 6.45) is 0. The molecule has 0 unspecified atom stereocenters. The third-order valence-electron chi connectivity index (χ3n) is 2.57. The number of nitrogens with one attached hydrogen (secondary N) is 1. The van der Waals surface area contributed by atoms with Crippen LogP contribution in [-0.4, -0.2) is 45.3 Å². The number of benzene rings is 1. The molecule has 0 aliphatic rings. The van der Waals surface area contributed by atoms with Crippen LogP contribution in [0, 0.1) is 0 Å². The van der Waals surface area contributed by atoms with Gasteiger partial charge in [-0.05, 0) is 13.0 Å². The average molecular weight is 279 g/mol. The van der Waals surface area contributed by atoms with Crippen LogP contribution in [0.1, 0.15) is 17.4 Å². The predicted molar refractivity (Wildman–Crippen MR) is 67.7 cm³/mol. The third kappa shape index (κ3) is 2.35. The van der Waals surface area contributed by atoms with E-state index >= 15 is 0 Å². The summed E-state index contributed by atoms with van der Waals surface area (Å²) < 4.78 is 9.80. The van der Waals surface area contributed by atoms with E-state index in [0.717, 1.165) is 6.07 Å². The summed E-state index contributed by atoms with van der Waals surface area (Å²) >= 11 is 0. The number of aromatic nitrogens is 3. The molecule has 106 valence electrons. The highest BCUT2D eigenvalue weighted by Crippen LogP contribution is 2.38. The van der Waals surface area contributed by atoms with Gasteiger partial charge in [0.1, 0.15) is 11.4 Å². The highest BCUT2D eigenvalue weighted by Gasteiger charge is 2.22. The van der Waals surface area contributed by atoms with Gasteiger partial charge in [0.2, 0.25) is 0 Å². The number of phenols is 2. The fraction of sp³-hybridized carbons (Fsp3) is 0.250. The number of phenolic OH excluding ortho intramolecular Hbond substituents is 2. The largest absolute Gasteiger partial charge is 0.507 e. The quantitative estimate of drug-likeness (QED) is 0.716. The van der Waals surface area contributed by atoms with Gasteiger partial charge in [-0.25, -0.2) is 4.79 Å². The second-order valence-corrected chi connectivity index (χ2v) is 3.78. The zero-order chi connectivity index (χ0) is 14.7. The van der Waals surface area contributed by atoms with E-state index in [9.17, 15) is 15.0 Å². The van der Waals surface area contributed by atoms with Crippen molar-refractivity contribution in [2.24, 2.45) is 0 Å². The minimum absolute atomic E-state index is 0.0603. The van der Waals surface area contributed by atoms with Gasteiger partial charge in [0.15, 0.2) is 17.2 Å². The van der Waals surface area contributed by atoms with E-state index < -0.39 is 5.97 Å². The van der Waals surface area contributed by atoms with Crippen molar-refractivity contribution >= 4 is 5.97 Å². The Balaban J connectivity index is 2.52. The Morgan fingerprint density at radius 1 is 1.30 bits per heavy atom. The summed E-state index contributed by atoms with van der Waals surface area (Å²) in [5.74, 6) is -1.02. The molecule has 0 aliphatic carbocycles. The maximum Gasteiger partial charge on any atom is 0.361 e. The SMILES string of the molecule is CCOC(=O)c1n[nH]nc1-c1cc(OC)c(O)cc1O. The fourth-order valence-electron chi connectivity index (χ4n) is 1.67. The maximum absolute atomic E-state index is 11.7. The molecule has 8 nitrogen and oxygen atoms in total. The van der Waals surface area contributed by atoms with Crippen LogP contribution in [0.2, 0.25) is 0 Å². The van der Waals surface area contributed by atoms with Crippen molar-refractivity contribution in [2.45, 2.75) is 6.92 Å². The average Bonchev–Trinajstić information content (AvgIpc) is 2.88. The van der Waals surface area contributed by atoms with E-state index in [0.29, 0.717) is 0 Å². The first-order valence-corrected chi connectivity index (χ1v) is 5.76. The van der Waals surface area contributed by atoms with Gasteiger partial charge in [0, 0.05) is 6.07 Å². The number of ether oxygens (including phenoxy) is 2. The zero-order valence-corrected chi connectivity index (χ0v) is 10.9. The molecule has 3 N–H and O–H groups in total. The molecule has 0 spiro atoms. The Labute approximate surface area is 114 Å². The lowest BCUT2D eigenvalue weighted by Gasteiger charge is -2.08. The lowest BCUT2D eigenvalue weighted by Crippen LogP contribution is -2.06. The Morgan fingerprint density at radius 3 is 2.70 bits per heavy atom. The van der Waals surface area contributed by atoms with E-state index in [4.69, 9.17) is 9.47 Å². The molecule has 0 bridgehead atoms. The van der Waals surface area contributed by atoms with Gasteiger partial charge < -0.3 is 19.7 Å². The summed E-state index contributed by atoms with van der Waals surface area (Å²) in [4.78, 5) is 11.7. The Bertz CT molecular complexity index is 638. The van der Waals surface area contributed by atoms with Gasteiger partial charge in [-0.3, -0.25) is 0 Å². The van der Waals surface area contributed by atoms with Crippen molar-refractivity contribution in [2.75, 3.05) is 13.7 Å². The van der Waals surface area contributed by atoms with Gasteiger partial charge in [0.05, 0.1) is 19.3 Å². The van der Waals surface area contributed by atoms with Gasteiger partial charge >= 0.3 is 5.97 Å². The molecule has 0 aliphatic heterocycles. The highest BCUT2D eigenvalue weighted by molar-refractivity contribution is 5.95. The van der Waals surface area contributed by atoms with E-state index in [2.05, 4.69) is 15.4 Å². The van der Waals surface area contributed by atoms with Crippen molar-refractivity contribution in [1.82, 2.24) is 15.4 Å². The number of H-pyrrole nitrogens is 1. The molecular weight excluding hydrogens is 266 g/mol. The van der Waals surface area contributed by atoms with Crippen molar-refractivity contribution < 1.29 is 24.5 Å². The molecule has 1 heterocycles. The fourth-order valence-corrected chi connectivity index (χ4v) is 1.67. The lowest BCUT2D eigenvalue weighted by atomic mass is 10.1. The van der Waals surface area contributed by atoms with Crippen molar-refractivity contribution in [1.29, 1.82) is 0 Å². The number of aromatic amines is 1. The van der Waals surface area contributed by atoms with Crippen LogP contribution in [0.4, 0.5) is 0 Å². The molecule has 0 saturated carbocycles. The third-order valence-corrected chi connectivity index (χ3v) is 2.57. The second-order valence-electron chi connectivity index (χ2n) is 3.78. The van der Waals surface area contributed by atoms with E-state index in [1.54, 1.807) is 6.92 Å². The molecule has 20 heavy (non-hydrogen) atoms. The van der Waals surface area contributed by atoms with Gasteiger partial charge in [-0.1, -0.05) is 0 Å². The van der Waals surface area contributed by atoms with Crippen molar-refractivity contribution in [3.05, 3.63) is 17.8 Å². The van der Waals surface area contributed by atoms with E-state index in [1.165, 1.54) is 13.2 Å². The molecule has 0 fully saturated rings. The molecule has 1 aromatic carbocycles. The lowest BCUT2D eigenvalue weighted by molar-refractivity contribution is 0.0520. The number of hydrogen-bond acceptors (Lipinski definition) is 7. The number of nitrogens with zero attached hydrogens (tertiary/aromatic N) is 2. The van der Waals surface area contributed by atoms with Crippen LogP contribution in [0.15, 0.2) is 12.1 Å². The Kier molecular flexibility index (Phi) is 3.74. The standard InChI is InChI=1S/C12H13N3O5/c1-3-20-12(18)11-10(13-15-14-11)6-4-9(19-2)8(17)5-7(6)16/h4-5,16-17H,3H2,1-2H3,(H,13,14,15). The predicted octanol–water partition coefficient (Wildman–Crippen LogP) is 1.07. The molecule has 0 atom stereocenters. The van der Waals surface area contributed by atoms with Crippen LogP contribution in [0.3, 0.4) is 0 Å². The first-order chi connectivity index (χ1) is 9.58. The second kappa shape index (κ2) is 5.47. The van der Waals surface area contributed by atoms with E-state index in [-0.39, 0.29) is 40.8 Å². The molecule has 0 amide bonds. The first kappa shape index (κ1) is 13.7. The first-order valence-electron chi connectivity index (χ1n) is 5.76. The summed E-state index contributed by atoms with van der Waals surface area (Å²) in [5, 5.41) is 29.3. The molecule has 0 radical (unpaired) electrons. The number of carbonyl (C=O) groups is 1. The minimum atomic E-state index is -0.664. The number of rotatable bonds is 4. The highest BCUT2D eigenvalue weighted by atomic mass is 16.5. The van der Waals surface area contributed by atoms with Gasteiger partial charge in [-0.15, -0.1) is 5.10 Å². The van der Waals surface area contributed by atoms with E-state index in [1.807, 2.05) is 0 Å². The molecule has 1 aromatic heterocycles. The molecule has 0 saturated heterocycles. The van der Waals surface area contributed by atoms with Crippen LogP contribution >= 0.6 is 0 Å². The summed E-state index contributed by atoms with van der Waals surface area (Å²) in [7, 11) is 1.37. The maximum atomic E-state index is 11.7. The minimum Gasteiger partial charge on any atom is -0.507 e. The molecular formula is C12H13N3O5. The summed E-state index contributed by atoms with van der Waals surface area (Å²) in [6.45, 7) is 1.86. The van der Waals surface area contributed by atoms with Crippen molar-refractivity contribution in [3.63, 3.8) is 0 Å². The Morgan fingerprint density at radius 2 is 2.05 bits per heavy atom. The van der Waals surface area contributed by atoms with Gasteiger partial charge in [-0.2, -0.15) is 10.3 Å². The summed E-state index contributed by atoms with van der Waals surface area (Å²) in [5.41, 5.74) is 0.241. The number of methoxy groups -OCH3 is 1.